The molecule has 4 rings (SSSR count). The molecule has 1 N–H and O–H groups in total. The quantitative estimate of drug-likeness (QED) is 0.485. The number of amides is 1. The highest BCUT2D eigenvalue weighted by Crippen LogP contribution is 2.38. The molecule has 27 heavy (non-hydrogen) atoms. The molecule has 0 saturated carbocycles. The van der Waals surface area contributed by atoms with Crippen LogP contribution in [0.3, 0.4) is 0 Å². The Hall–Kier alpha value is -3.31. The molecule has 0 fully saturated rings. The van der Waals surface area contributed by atoms with Crippen LogP contribution in [0.25, 0.3) is 21.7 Å². The summed E-state index contributed by atoms with van der Waals surface area (Å²) in [6.45, 7) is 0. The van der Waals surface area contributed by atoms with Gasteiger partial charge in [0.05, 0.1) is 10.6 Å². The van der Waals surface area contributed by atoms with Gasteiger partial charge in [-0.25, -0.2) is 9.37 Å². The normalized spacial score (nSPS) is 10.6. The summed E-state index contributed by atoms with van der Waals surface area (Å²) in [5.41, 5.74) is 3.22. The third-order valence-corrected chi connectivity index (χ3v) is 5.06. The van der Waals surface area contributed by atoms with Gasteiger partial charge in [0.2, 0.25) is 0 Å². The van der Waals surface area contributed by atoms with Crippen LogP contribution in [0.2, 0.25) is 0 Å². The second-order valence-electron chi connectivity index (χ2n) is 5.89. The Morgan fingerprint density at radius 3 is 2.04 bits per heavy atom. The van der Waals surface area contributed by atoms with Crippen LogP contribution >= 0.6 is 11.3 Å². The van der Waals surface area contributed by atoms with Gasteiger partial charge in [0, 0.05) is 11.1 Å². The van der Waals surface area contributed by atoms with E-state index in [9.17, 15) is 9.18 Å². The van der Waals surface area contributed by atoms with Crippen molar-refractivity contribution in [1.29, 1.82) is 0 Å². The van der Waals surface area contributed by atoms with Gasteiger partial charge >= 0.3 is 0 Å². The molecule has 1 heterocycles. The molecule has 1 amide bonds. The van der Waals surface area contributed by atoms with Crippen molar-refractivity contribution in [3.05, 3.63) is 96.3 Å². The lowest BCUT2D eigenvalue weighted by Gasteiger charge is -2.02. The number of nitrogens with zero attached hydrogens (tertiary/aromatic N) is 1. The molecule has 1 aromatic heterocycles. The molecule has 0 aliphatic carbocycles. The van der Waals surface area contributed by atoms with Crippen LogP contribution in [0.1, 0.15) is 10.4 Å². The zero-order valence-electron chi connectivity index (χ0n) is 14.2. The molecule has 0 aliphatic rings. The molecule has 0 saturated heterocycles. The predicted molar refractivity (Wildman–Crippen MR) is 107 cm³/mol. The van der Waals surface area contributed by atoms with Crippen LogP contribution in [0.4, 0.5) is 9.52 Å². The van der Waals surface area contributed by atoms with Crippen molar-refractivity contribution in [2.75, 3.05) is 5.32 Å². The average Bonchev–Trinajstić information content (AvgIpc) is 3.13. The van der Waals surface area contributed by atoms with Gasteiger partial charge in [-0.15, -0.1) is 0 Å². The van der Waals surface area contributed by atoms with Gasteiger partial charge < -0.3 is 0 Å². The van der Waals surface area contributed by atoms with E-state index in [4.69, 9.17) is 0 Å². The molecule has 5 heteroatoms. The van der Waals surface area contributed by atoms with E-state index < -0.39 is 0 Å². The Kier molecular flexibility index (Phi) is 4.77. The maximum Gasteiger partial charge on any atom is 0.257 e. The number of thiazole rings is 1. The molecule has 4 aromatic rings. The molecule has 3 aromatic carbocycles. The summed E-state index contributed by atoms with van der Waals surface area (Å²) in [5.74, 6) is -0.693. The SMILES string of the molecule is O=C(Nc1nc(-c2ccccc2)c(-c2ccccc2)s1)c1ccc(F)cc1. The summed E-state index contributed by atoms with van der Waals surface area (Å²) >= 11 is 1.42. The van der Waals surface area contributed by atoms with Gasteiger partial charge in [0.1, 0.15) is 5.82 Å². The third kappa shape index (κ3) is 3.78. The van der Waals surface area contributed by atoms with Gasteiger partial charge in [0.15, 0.2) is 5.13 Å². The number of hydrogen-bond donors (Lipinski definition) is 1. The number of nitrogens with one attached hydrogen (secondary N) is 1. The molecular formula is C22H15FN2OS. The maximum atomic E-state index is 13.1. The van der Waals surface area contributed by atoms with Crippen LogP contribution in [0.5, 0.6) is 0 Å². The average molecular weight is 374 g/mol. The molecule has 0 radical (unpaired) electrons. The van der Waals surface area contributed by atoms with Crippen molar-refractivity contribution >= 4 is 22.4 Å². The monoisotopic (exact) mass is 374 g/mol. The first-order chi connectivity index (χ1) is 13.2. The van der Waals surface area contributed by atoms with Crippen LogP contribution in [-0.2, 0) is 0 Å². The molecule has 3 nitrogen and oxygen atoms in total. The minimum absolute atomic E-state index is 0.317. The van der Waals surface area contributed by atoms with E-state index >= 15 is 0 Å². The third-order valence-electron chi connectivity index (χ3n) is 4.04. The van der Waals surface area contributed by atoms with E-state index in [-0.39, 0.29) is 11.7 Å². The first-order valence-corrected chi connectivity index (χ1v) is 9.21. The summed E-state index contributed by atoms with van der Waals surface area (Å²) in [6.07, 6.45) is 0. The van der Waals surface area contributed by atoms with Crippen molar-refractivity contribution < 1.29 is 9.18 Å². The number of anilines is 1. The number of rotatable bonds is 4. The first-order valence-electron chi connectivity index (χ1n) is 8.39. The van der Waals surface area contributed by atoms with E-state index in [0.29, 0.717) is 10.7 Å². The highest BCUT2D eigenvalue weighted by molar-refractivity contribution is 7.19. The molecule has 0 bridgehead atoms. The van der Waals surface area contributed by atoms with E-state index in [1.165, 1.54) is 35.6 Å². The van der Waals surface area contributed by atoms with E-state index in [0.717, 1.165) is 21.7 Å². The fourth-order valence-corrected chi connectivity index (χ4v) is 3.71. The highest BCUT2D eigenvalue weighted by atomic mass is 32.1. The van der Waals surface area contributed by atoms with Gasteiger partial charge in [-0.1, -0.05) is 72.0 Å². The number of carbonyl (C=O) groups excluding carboxylic acids is 1. The second kappa shape index (κ2) is 7.51. The number of hydrogen-bond acceptors (Lipinski definition) is 3. The lowest BCUT2D eigenvalue weighted by molar-refractivity contribution is 0.102. The molecule has 0 atom stereocenters. The Morgan fingerprint density at radius 2 is 1.41 bits per heavy atom. The fourth-order valence-electron chi connectivity index (χ4n) is 2.72. The molecule has 0 unspecified atom stereocenters. The molecular weight excluding hydrogens is 359 g/mol. The van der Waals surface area contributed by atoms with Crippen molar-refractivity contribution in [3.8, 4) is 21.7 Å². The standard InChI is InChI=1S/C22H15FN2OS/c23-18-13-11-17(12-14-18)21(26)25-22-24-19(15-7-3-1-4-8-15)20(27-22)16-9-5-2-6-10-16/h1-14H,(H,24,25,26). The van der Waals surface area contributed by atoms with E-state index in [1.54, 1.807) is 0 Å². The first kappa shape index (κ1) is 17.1. The lowest BCUT2D eigenvalue weighted by Crippen LogP contribution is -2.11. The zero-order valence-corrected chi connectivity index (χ0v) is 15.0. The van der Waals surface area contributed by atoms with Crippen LogP contribution in [0, 0.1) is 5.82 Å². The van der Waals surface area contributed by atoms with Crippen LogP contribution < -0.4 is 5.32 Å². The Morgan fingerprint density at radius 1 is 0.815 bits per heavy atom. The summed E-state index contributed by atoms with van der Waals surface area (Å²) < 4.78 is 13.1. The van der Waals surface area contributed by atoms with Crippen LogP contribution in [-0.4, -0.2) is 10.9 Å². The largest absolute Gasteiger partial charge is 0.298 e. The molecule has 0 spiro atoms. The van der Waals surface area contributed by atoms with E-state index in [2.05, 4.69) is 10.3 Å². The molecule has 132 valence electrons. The second-order valence-corrected chi connectivity index (χ2v) is 6.89. The number of carbonyl (C=O) groups is 1. The van der Waals surface area contributed by atoms with Crippen molar-refractivity contribution in [3.63, 3.8) is 0 Å². The maximum absolute atomic E-state index is 13.1. The minimum Gasteiger partial charge on any atom is -0.298 e. The number of benzene rings is 3. The zero-order chi connectivity index (χ0) is 18.6. The van der Waals surface area contributed by atoms with Gasteiger partial charge in [-0.3, -0.25) is 10.1 Å². The fraction of sp³-hybridized carbons (Fsp3) is 0. The lowest BCUT2D eigenvalue weighted by atomic mass is 10.1. The predicted octanol–water partition coefficient (Wildman–Crippen LogP) is 5.87. The van der Waals surface area contributed by atoms with Gasteiger partial charge in [0.25, 0.3) is 5.91 Å². The van der Waals surface area contributed by atoms with Gasteiger partial charge in [-0.2, -0.15) is 0 Å². The topological polar surface area (TPSA) is 42.0 Å². The Labute approximate surface area is 160 Å². The Balaban J connectivity index is 1.71. The van der Waals surface area contributed by atoms with Crippen molar-refractivity contribution in [2.24, 2.45) is 0 Å². The highest BCUT2D eigenvalue weighted by Gasteiger charge is 2.16. The summed E-state index contributed by atoms with van der Waals surface area (Å²) in [6, 6.07) is 25.2. The summed E-state index contributed by atoms with van der Waals surface area (Å²) in [5, 5.41) is 3.33. The summed E-state index contributed by atoms with van der Waals surface area (Å²) in [7, 11) is 0. The van der Waals surface area contributed by atoms with Crippen LogP contribution in [0.15, 0.2) is 84.9 Å². The van der Waals surface area contributed by atoms with E-state index in [1.807, 2.05) is 60.7 Å². The Bertz CT molecular complexity index is 1000. The van der Waals surface area contributed by atoms with Crippen molar-refractivity contribution in [2.45, 2.75) is 0 Å². The smallest absolute Gasteiger partial charge is 0.257 e. The number of aromatic nitrogens is 1. The van der Waals surface area contributed by atoms with Gasteiger partial charge in [-0.05, 0) is 29.8 Å². The number of halogens is 1. The minimum atomic E-state index is -0.376. The molecule has 0 aliphatic heterocycles. The van der Waals surface area contributed by atoms with Crippen molar-refractivity contribution in [1.82, 2.24) is 4.98 Å². The summed E-state index contributed by atoms with van der Waals surface area (Å²) in [4.78, 5) is 18.1.